The van der Waals surface area contributed by atoms with Gasteiger partial charge in [-0.25, -0.2) is 0 Å². The number of likely N-dealkylation sites (N-methyl/N-ethyl adjacent to an activating group) is 1. The molecular formula is C19H23NO. The van der Waals surface area contributed by atoms with Crippen LogP contribution in [0.1, 0.15) is 22.3 Å². The maximum atomic E-state index is 6.24. The normalized spacial score (nSPS) is 16.7. The van der Waals surface area contributed by atoms with Gasteiger partial charge in [-0.05, 0) is 61.7 Å². The SMILES string of the molecule is CNCC1Cc2cc(C)cc(-c3c(C)cccc3C)c2O1. The van der Waals surface area contributed by atoms with Crippen LogP contribution in [0.15, 0.2) is 30.3 Å². The fourth-order valence-electron chi connectivity index (χ4n) is 3.36. The zero-order valence-corrected chi connectivity index (χ0v) is 13.3. The predicted octanol–water partition coefficient (Wildman–Crippen LogP) is 3.80. The predicted molar refractivity (Wildman–Crippen MR) is 88.1 cm³/mol. The quantitative estimate of drug-likeness (QED) is 0.924. The Balaban J connectivity index is 2.14. The van der Waals surface area contributed by atoms with Crippen molar-refractivity contribution in [3.63, 3.8) is 0 Å². The summed E-state index contributed by atoms with van der Waals surface area (Å²) in [6, 6.07) is 11.0. The number of rotatable bonds is 3. The molecule has 110 valence electrons. The van der Waals surface area contributed by atoms with Crippen LogP contribution in [-0.2, 0) is 6.42 Å². The highest BCUT2D eigenvalue weighted by molar-refractivity contribution is 5.78. The minimum Gasteiger partial charge on any atom is -0.488 e. The minimum absolute atomic E-state index is 0.245. The van der Waals surface area contributed by atoms with Gasteiger partial charge in [0.25, 0.3) is 0 Å². The van der Waals surface area contributed by atoms with Crippen LogP contribution in [0.25, 0.3) is 11.1 Å². The van der Waals surface area contributed by atoms with E-state index in [4.69, 9.17) is 4.74 Å². The summed E-state index contributed by atoms with van der Waals surface area (Å²) in [6.07, 6.45) is 1.24. The van der Waals surface area contributed by atoms with Gasteiger partial charge in [0.2, 0.25) is 0 Å². The highest BCUT2D eigenvalue weighted by Crippen LogP contribution is 2.42. The second kappa shape index (κ2) is 5.53. The summed E-state index contributed by atoms with van der Waals surface area (Å²) in [5.41, 5.74) is 7.83. The summed E-state index contributed by atoms with van der Waals surface area (Å²) in [5.74, 6) is 1.08. The van der Waals surface area contributed by atoms with E-state index in [1.54, 1.807) is 0 Å². The summed E-state index contributed by atoms with van der Waals surface area (Å²) in [6.45, 7) is 7.41. The molecule has 0 saturated heterocycles. The van der Waals surface area contributed by atoms with Crippen molar-refractivity contribution in [1.29, 1.82) is 0 Å². The maximum Gasteiger partial charge on any atom is 0.130 e. The van der Waals surface area contributed by atoms with Gasteiger partial charge in [0.15, 0.2) is 0 Å². The Morgan fingerprint density at radius 1 is 1.14 bits per heavy atom. The van der Waals surface area contributed by atoms with Crippen LogP contribution in [0.2, 0.25) is 0 Å². The van der Waals surface area contributed by atoms with Crippen molar-refractivity contribution in [3.05, 3.63) is 52.6 Å². The summed E-state index contributed by atoms with van der Waals surface area (Å²) in [5, 5.41) is 3.22. The van der Waals surface area contributed by atoms with Crippen molar-refractivity contribution in [1.82, 2.24) is 5.32 Å². The molecular weight excluding hydrogens is 258 g/mol. The van der Waals surface area contributed by atoms with E-state index >= 15 is 0 Å². The molecule has 0 saturated carbocycles. The first-order valence-electron chi connectivity index (χ1n) is 7.61. The number of hydrogen-bond acceptors (Lipinski definition) is 2. The molecule has 0 fully saturated rings. The number of aryl methyl sites for hydroxylation is 3. The standard InChI is InChI=1S/C19H23NO/c1-12-8-15-10-16(11-20-4)21-19(15)17(9-12)18-13(2)6-5-7-14(18)3/h5-9,16,20H,10-11H2,1-4H3. The summed E-state index contributed by atoms with van der Waals surface area (Å²) < 4.78 is 6.24. The van der Waals surface area contributed by atoms with Crippen LogP contribution in [0.4, 0.5) is 0 Å². The molecule has 0 aliphatic carbocycles. The van der Waals surface area contributed by atoms with Crippen molar-refractivity contribution in [3.8, 4) is 16.9 Å². The van der Waals surface area contributed by atoms with E-state index in [0.29, 0.717) is 0 Å². The number of ether oxygens (including phenoxy) is 1. The molecule has 21 heavy (non-hydrogen) atoms. The highest BCUT2D eigenvalue weighted by atomic mass is 16.5. The first-order chi connectivity index (χ1) is 10.1. The Hall–Kier alpha value is -1.80. The van der Waals surface area contributed by atoms with E-state index in [2.05, 4.69) is 56.4 Å². The van der Waals surface area contributed by atoms with E-state index in [-0.39, 0.29) is 6.10 Å². The van der Waals surface area contributed by atoms with Gasteiger partial charge in [0.05, 0.1) is 0 Å². The lowest BCUT2D eigenvalue weighted by Gasteiger charge is -2.16. The lowest BCUT2D eigenvalue weighted by atomic mass is 9.92. The molecule has 0 aromatic heterocycles. The van der Waals surface area contributed by atoms with E-state index < -0.39 is 0 Å². The van der Waals surface area contributed by atoms with Gasteiger partial charge in [0.1, 0.15) is 11.9 Å². The van der Waals surface area contributed by atoms with Crippen LogP contribution in [0.3, 0.4) is 0 Å². The topological polar surface area (TPSA) is 21.3 Å². The van der Waals surface area contributed by atoms with Gasteiger partial charge in [-0.2, -0.15) is 0 Å². The second-order valence-corrected chi connectivity index (χ2v) is 6.07. The molecule has 1 atom stereocenters. The van der Waals surface area contributed by atoms with E-state index in [9.17, 15) is 0 Å². The van der Waals surface area contributed by atoms with Crippen molar-refractivity contribution < 1.29 is 4.74 Å². The fraction of sp³-hybridized carbons (Fsp3) is 0.368. The molecule has 2 heteroatoms. The van der Waals surface area contributed by atoms with Gasteiger partial charge < -0.3 is 10.1 Å². The Morgan fingerprint density at radius 2 is 1.86 bits per heavy atom. The summed E-state index contributed by atoms with van der Waals surface area (Å²) >= 11 is 0. The van der Waals surface area contributed by atoms with Crippen molar-refractivity contribution in [2.75, 3.05) is 13.6 Å². The molecule has 2 nitrogen and oxygen atoms in total. The molecule has 2 aromatic carbocycles. The summed E-state index contributed by atoms with van der Waals surface area (Å²) in [7, 11) is 1.98. The van der Waals surface area contributed by atoms with Crippen LogP contribution < -0.4 is 10.1 Å². The third-order valence-corrected chi connectivity index (χ3v) is 4.22. The van der Waals surface area contributed by atoms with Crippen molar-refractivity contribution in [2.45, 2.75) is 33.3 Å². The molecule has 1 aliphatic heterocycles. The Labute approximate surface area is 127 Å². The van der Waals surface area contributed by atoms with Crippen LogP contribution in [-0.4, -0.2) is 19.7 Å². The molecule has 0 bridgehead atoms. The fourth-order valence-corrected chi connectivity index (χ4v) is 3.36. The van der Waals surface area contributed by atoms with Crippen molar-refractivity contribution >= 4 is 0 Å². The van der Waals surface area contributed by atoms with Gasteiger partial charge in [-0.15, -0.1) is 0 Å². The molecule has 0 spiro atoms. The van der Waals surface area contributed by atoms with Gasteiger partial charge in [0, 0.05) is 18.5 Å². The second-order valence-electron chi connectivity index (χ2n) is 6.07. The lowest BCUT2D eigenvalue weighted by molar-refractivity contribution is 0.232. The van der Waals surface area contributed by atoms with Gasteiger partial charge in [-0.3, -0.25) is 0 Å². The van der Waals surface area contributed by atoms with Crippen LogP contribution in [0.5, 0.6) is 5.75 Å². The number of hydrogen-bond donors (Lipinski definition) is 1. The third kappa shape index (κ3) is 2.56. The molecule has 1 unspecified atom stereocenters. The largest absolute Gasteiger partial charge is 0.488 e. The summed E-state index contributed by atoms with van der Waals surface area (Å²) in [4.78, 5) is 0. The highest BCUT2D eigenvalue weighted by Gasteiger charge is 2.26. The maximum absolute atomic E-state index is 6.24. The first kappa shape index (κ1) is 14.2. The van der Waals surface area contributed by atoms with Crippen LogP contribution in [0, 0.1) is 20.8 Å². The van der Waals surface area contributed by atoms with E-state index in [0.717, 1.165) is 18.7 Å². The number of benzene rings is 2. The minimum atomic E-state index is 0.245. The van der Waals surface area contributed by atoms with Crippen LogP contribution >= 0.6 is 0 Å². The molecule has 3 rings (SSSR count). The molecule has 1 N–H and O–H groups in total. The Kier molecular flexibility index (Phi) is 3.73. The van der Waals surface area contributed by atoms with E-state index in [1.807, 2.05) is 7.05 Å². The molecule has 1 aliphatic rings. The molecule has 2 aromatic rings. The van der Waals surface area contributed by atoms with Gasteiger partial charge >= 0.3 is 0 Å². The first-order valence-corrected chi connectivity index (χ1v) is 7.61. The monoisotopic (exact) mass is 281 g/mol. The van der Waals surface area contributed by atoms with Crippen molar-refractivity contribution in [2.24, 2.45) is 0 Å². The number of nitrogens with one attached hydrogen (secondary N) is 1. The average molecular weight is 281 g/mol. The third-order valence-electron chi connectivity index (χ3n) is 4.22. The number of fused-ring (bicyclic) bond motifs is 1. The smallest absolute Gasteiger partial charge is 0.130 e. The molecule has 0 amide bonds. The molecule has 1 heterocycles. The molecule has 0 radical (unpaired) electrons. The van der Waals surface area contributed by atoms with Gasteiger partial charge in [-0.1, -0.05) is 24.3 Å². The zero-order chi connectivity index (χ0) is 15.0. The van der Waals surface area contributed by atoms with E-state index in [1.165, 1.54) is 33.4 Å². The Bertz CT molecular complexity index is 655. The average Bonchev–Trinajstić information content (AvgIpc) is 2.81. The zero-order valence-electron chi connectivity index (χ0n) is 13.3. The lowest BCUT2D eigenvalue weighted by Crippen LogP contribution is -2.27. The Morgan fingerprint density at radius 3 is 2.52 bits per heavy atom.